The average molecular weight is 358 g/mol. The molecule has 2 amide bonds. The number of amides is 2. The fourth-order valence-electron chi connectivity index (χ4n) is 2.83. The van der Waals surface area contributed by atoms with Crippen molar-refractivity contribution in [1.29, 1.82) is 0 Å². The highest BCUT2D eigenvalue weighted by atomic mass is 35.5. The number of methoxy groups -OCH3 is 1. The number of hydrogen-bond donors (Lipinski definition) is 2. The van der Waals surface area contributed by atoms with Gasteiger partial charge in [0, 0.05) is 18.2 Å². The van der Waals surface area contributed by atoms with E-state index in [0.717, 1.165) is 6.42 Å². The van der Waals surface area contributed by atoms with E-state index in [0.29, 0.717) is 36.1 Å². The highest BCUT2D eigenvalue weighted by Gasteiger charge is 2.32. The molecule has 134 valence electrons. The lowest BCUT2D eigenvalue weighted by Gasteiger charge is -2.22. The van der Waals surface area contributed by atoms with E-state index in [-0.39, 0.29) is 31.0 Å². The maximum absolute atomic E-state index is 12.7. The molecule has 1 aliphatic heterocycles. The van der Waals surface area contributed by atoms with Gasteiger partial charge in [0.15, 0.2) is 18.1 Å². The lowest BCUT2D eigenvalue weighted by Crippen LogP contribution is -2.34. The molecule has 1 aromatic carbocycles. The molecule has 0 bridgehead atoms. The minimum Gasteiger partial charge on any atom is -0.493 e. The van der Waals surface area contributed by atoms with Gasteiger partial charge in [0.2, 0.25) is 0 Å². The van der Waals surface area contributed by atoms with E-state index >= 15 is 0 Å². The molecule has 8 heteroatoms. The molecule has 7 nitrogen and oxygen atoms in total. The van der Waals surface area contributed by atoms with Crippen LogP contribution in [0, 0.1) is 5.92 Å². The largest absolute Gasteiger partial charge is 0.493 e. The van der Waals surface area contributed by atoms with Crippen molar-refractivity contribution >= 4 is 24.2 Å². The summed E-state index contributed by atoms with van der Waals surface area (Å²) in [6.45, 7) is 3.02. The summed E-state index contributed by atoms with van der Waals surface area (Å²) < 4.78 is 10.5. The minimum absolute atomic E-state index is 0. The first-order valence-electron chi connectivity index (χ1n) is 7.56. The predicted molar refractivity (Wildman–Crippen MR) is 92.6 cm³/mol. The SMILES string of the molecule is COc1cc(C(=O)N2CC(CN)CC2C)ccc1OCC(N)=O.Cl. The van der Waals surface area contributed by atoms with Gasteiger partial charge in [-0.25, -0.2) is 0 Å². The van der Waals surface area contributed by atoms with E-state index in [4.69, 9.17) is 20.9 Å². The van der Waals surface area contributed by atoms with Crippen LogP contribution in [-0.4, -0.2) is 49.6 Å². The van der Waals surface area contributed by atoms with Gasteiger partial charge in [-0.15, -0.1) is 12.4 Å². The van der Waals surface area contributed by atoms with Crippen LogP contribution in [-0.2, 0) is 4.79 Å². The molecule has 1 heterocycles. The first-order valence-corrected chi connectivity index (χ1v) is 7.56. The van der Waals surface area contributed by atoms with E-state index < -0.39 is 5.91 Å². The second-order valence-corrected chi connectivity index (χ2v) is 5.76. The van der Waals surface area contributed by atoms with Gasteiger partial charge in [-0.2, -0.15) is 0 Å². The number of carbonyl (C=O) groups is 2. The first-order chi connectivity index (χ1) is 11.0. The Morgan fingerprint density at radius 2 is 2.04 bits per heavy atom. The summed E-state index contributed by atoms with van der Waals surface area (Å²) in [4.78, 5) is 25.3. The average Bonchev–Trinajstić information content (AvgIpc) is 2.93. The zero-order valence-corrected chi connectivity index (χ0v) is 14.7. The summed E-state index contributed by atoms with van der Waals surface area (Å²) in [5.74, 6) is 0.463. The predicted octanol–water partition coefficient (Wildman–Crippen LogP) is 0.790. The third-order valence-corrected chi connectivity index (χ3v) is 4.04. The number of benzene rings is 1. The van der Waals surface area contributed by atoms with E-state index in [9.17, 15) is 9.59 Å². The molecule has 0 radical (unpaired) electrons. The Kier molecular flexibility index (Phi) is 7.31. The smallest absolute Gasteiger partial charge is 0.255 e. The van der Waals surface area contributed by atoms with E-state index in [1.807, 2.05) is 11.8 Å². The van der Waals surface area contributed by atoms with Crippen molar-refractivity contribution in [2.45, 2.75) is 19.4 Å². The summed E-state index contributed by atoms with van der Waals surface area (Å²) in [7, 11) is 1.48. The minimum atomic E-state index is -0.578. The second kappa shape index (κ2) is 8.75. The maximum atomic E-state index is 12.7. The van der Waals surface area contributed by atoms with Crippen molar-refractivity contribution in [2.24, 2.45) is 17.4 Å². The van der Waals surface area contributed by atoms with Crippen LogP contribution in [0.2, 0.25) is 0 Å². The Bertz CT molecular complexity index is 597. The number of likely N-dealkylation sites (tertiary alicyclic amines) is 1. The summed E-state index contributed by atoms with van der Waals surface area (Å²) in [5, 5.41) is 0. The van der Waals surface area contributed by atoms with Crippen LogP contribution in [0.15, 0.2) is 18.2 Å². The Balaban J connectivity index is 0.00000288. The van der Waals surface area contributed by atoms with Gasteiger partial charge < -0.3 is 25.8 Å². The fraction of sp³-hybridized carbons (Fsp3) is 0.500. The highest BCUT2D eigenvalue weighted by Crippen LogP contribution is 2.30. The van der Waals surface area contributed by atoms with Crippen LogP contribution in [0.1, 0.15) is 23.7 Å². The third kappa shape index (κ3) is 4.52. The molecule has 1 fully saturated rings. The Labute approximate surface area is 147 Å². The number of hydrogen-bond acceptors (Lipinski definition) is 5. The first kappa shape index (κ1) is 20.1. The molecule has 0 aliphatic carbocycles. The lowest BCUT2D eigenvalue weighted by molar-refractivity contribution is -0.119. The van der Waals surface area contributed by atoms with Crippen molar-refractivity contribution in [1.82, 2.24) is 4.90 Å². The van der Waals surface area contributed by atoms with Gasteiger partial charge in [0.25, 0.3) is 11.8 Å². The number of nitrogens with two attached hydrogens (primary N) is 2. The number of rotatable bonds is 6. The molecule has 2 atom stereocenters. The topological polar surface area (TPSA) is 108 Å². The van der Waals surface area contributed by atoms with Gasteiger partial charge in [-0.3, -0.25) is 9.59 Å². The molecule has 1 aromatic rings. The van der Waals surface area contributed by atoms with Crippen LogP contribution in [0.3, 0.4) is 0 Å². The molecule has 2 rings (SSSR count). The molecular weight excluding hydrogens is 334 g/mol. The normalized spacial score (nSPS) is 19.5. The number of halogens is 1. The van der Waals surface area contributed by atoms with E-state index in [1.54, 1.807) is 18.2 Å². The molecule has 4 N–H and O–H groups in total. The van der Waals surface area contributed by atoms with Gasteiger partial charge >= 0.3 is 0 Å². The highest BCUT2D eigenvalue weighted by molar-refractivity contribution is 5.95. The Hall–Kier alpha value is -1.99. The quantitative estimate of drug-likeness (QED) is 0.782. The van der Waals surface area contributed by atoms with Crippen LogP contribution < -0.4 is 20.9 Å². The monoisotopic (exact) mass is 357 g/mol. The molecule has 24 heavy (non-hydrogen) atoms. The van der Waals surface area contributed by atoms with E-state index in [2.05, 4.69) is 0 Å². The third-order valence-electron chi connectivity index (χ3n) is 4.04. The standard InChI is InChI=1S/C16H23N3O4.ClH/c1-10-5-11(7-17)8-19(10)16(21)12-3-4-13(14(6-12)22-2)23-9-15(18)20;/h3-4,6,10-11H,5,7-9,17H2,1-2H3,(H2,18,20);1H. The van der Waals surface area contributed by atoms with Crippen molar-refractivity contribution in [3.8, 4) is 11.5 Å². The van der Waals surface area contributed by atoms with Crippen LogP contribution in [0.4, 0.5) is 0 Å². The Morgan fingerprint density at radius 1 is 1.33 bits per heavy atom. The van der Waals surface area contributed by atoms with Crippen LogP contribution in [0.25, 0.3) is 0 Å². The molecule has 1 aliphatic rings. The zero-order valence-electron chi connectivity index (χ0n) is 13.9. The summed E-state index contributed by atoms with van der Waals surface area (Å²) in [5.41, 5.74) is 11.3. The number of nitrogens with zero attached hydrogens (tertiary/aromatic N) is 1. The van der Waals surface area contributed by atoms with E-state index in [1.165, 1.54) is 7.11 Å². The lowest BCUT2D eigenvalue weighted by atomic mass is 10.1. The second-order valence-electron chi connectivity index (χ2n) is 5.76. The molecule has 0 aromatic heterocycles. The molecule has 1 saturated heterocycles. The van der Waals surface area contributed by atoms with Gasteiger partial charge in [-0.1, -0.05) is 0 Å². The van der Waals surface area contributed by atoms with Gasteiger partial charge in [0.05, 0.1) is 7.11 Å². The molecule has 0 saturated carbocycles. The van der Waals surface area contributed by atoms with Crippen LogP contribution >= 0.6 is 12.4 Å². The van der Waals surface area contributed by atoms with Crippen LogP contribution in [0.5, 0.6) is 11.5 Å². The van der Waals surface area contributed by atoms with Crippen molar-refractivity contribution in [3.63, 3.8) is 0 Å². The maximum Gasteiger partial charge on any atom is 0.255 e. The summed E-state index contributed by atoms with van der Waals surface area (Å²) >= 11 is 0. The fourth-order valence-corrected chi connectivity index (χ4v) is 2.83. The van der Waals surface area contributed by atoms with Gasteiger partial charge in [-0.05, 0) is 44.0 Å². The van der Waals surface area contributed by atoms with Crippen molar-refractivity contribution < 1.29 is 19.1 Å². The zero-order chi connectivity index (χ0) is 17.0. The number of primary amides is 1. The molecular formula is C16H24ClN3O4. The number of carbonyl (C=O) groups excluding carboxylic acids is 2. The Morgan fingerprint density at radius 3 is 2.58 bits per heavy atom. The summed E-state index contributed by atoms with van der Waals surface area (Å²) in [6.07, 6.45) is 0.916. The van der Waals surface area contributed by atoms with Crippen molar-refractivity contribution in [3.05, 3.63) is 23.8 Å². The van der Waals surface area contributed by atoms with Crippen molar-refractivity contribution in [2.75, 3.05) is 26.8 Å². The van der Waals surface area contributed by atoms with Gasteiger partial charge in [0.1, 0.15) is 0 Å². The molecule has 0 spiro atoms. The molecule has 2 unspecified atom stereocenters. The summed E-state index contributed by atoms with van der Waals surface area (Å²) in [6, 6.07) is 5.04. The number of ether oxygens (including phenoxy) is 2.